The maximum absolute atomic E-state index is 12.0. The normalized spacial score (nSPS) is 21.6. The number of aliphatic hydroxyl groups is 2. The van der Waals surface area contributed by atoms with Crippen LogP contribution in [-0.4, -0.2) is 34.3 Å². The third kappa shape index (κ3) is 2.75. The van der Waals surface area contributed by atoms with Gasteiger partial charge in [-0.2, -0.15) is 0 Å². The maximum Gasteiger partial charge on any atom is 0.366 e. The van der Waals surface area contributed by atoms with Crippen molar-refractivity contribution in [2.75, 3.05) is 6.61 Å². The van der Waals surface area contributed by atoms with E-state index in [1.807, 2.05) is 19.1 Å². The molecule has 0 saturated carbocycles. The summed E-state index contributed by atoms with van der Waals surface area (Å²) in [5.74, 6) is -1.02. The van der Waals surface area contributed by atoms with Crippen molar-refractivity contribution < 1.29 is 19.7 Å². The number of rotatable bonds is 3. The Morgan fingerprint density at radius 1 is 1.33 bits per heavy atom. The number of aliphatic hydroxyl groups excluding tert-OH is 1. The van der Waals surface area contributed by atoms with Gasteiger partial charge in [-0.25, -0.2) is 9.79 Å². The monoisotopic (exact) mass is 290 g/mol. The number of amidine groups is 1. The van der Waals surface area contributed by atoms with E-state index in [1.54, 1.807) is 19.1 Å². The van der Waals surface area contributed by atoms with Crippen LogP contribution in [0.5, 0.6) is 0 Å². The van der Waals surface area contributed by atoms with Crippen LogP contribution in [0.1, 0.15) is 25.0 Å². The largest absolute Gasteiger partial charge is 0.494 e. The lowest BCUT2D eigenvalue weighted by molar-refractivity contribution is -0.160. The average molecular weight is 290 g/mol. The molecule has 0 spiro atoms. The highest BCUT2D eigenvalue weighted by Gasteiger charge is 2.44. The van der Waals surface area contributed by atoms with E-state index in [1.165, 1.54) is 6.92 Å². The van der Waals surface area contributed by atoms with Crippen LogP contribution < -0.4 is 5.32 Å². The number of carbonyl (C=O) groups is 1. The molecule has 6 nitrogen and oxygen atoms in total. The summed E-state index contributed by atoms with van der Waals surface area (Å²) in [6.07, 6.45) is 0. The number of nitrogens with one attached hydrogen (secondary N) is 1. The van der Waals surface area contributed by atoms with Crippen molar-refractivity contribution in [2.24, 2.45) is 4.99 Å². The standard InChI is InChI=1S/C15H18N2O4/c1-4-21-14(19)15(20)10(3)13(18)16-12(17-15)11-7-5-9(2)6-8-11/h5-8,18,20H,4H2,1-3H3,(H,16,17). The molecule has 1 unspecified atom stereocenters. The van der Waals surface area contributed by atoms with Gasteiger partial charge in [0.2, 0.25) is 0 Å². The Hall–Kier alpha value is -2.34. The van der Waals surface area contributed by atoms with E-state index in [9.17, 15) is 15.0 Å². The lowest BCUT2D eigenvalue weighted by Gasteiger charge is -2.29. The predicted molar refractivity (Wildman–Crippen MR) is 77.8 cm³/mol. The summed E-state index contributed by atoms with van der Waals surface area (Å²) in [5.41, 5.74) is -0.517. The molecule has 1 atom stereocenters. The summed E-state index contributed by atoms with van der Waals surface area (Å²) in [5, 5.41) is 23.1. The summed E-state index contributed by atoms with van der Waals surface area (Å²) >= 11 is 0. The Morgan fingerprint density at radius 3 is 2.52 bits per heavy atom. The number of aryl methyl sites for hydroxylation is 1. The molecule has 1 heterocycles. The van der Waals surface area contributed by atoms with Gasteiger partial charge in [-0.1, -0.05) is 29.8 Å². The van der Waals surface area contributed by atoms with Crippen LogP contribution in [0.3, 0.4) is 0 Å². The second-order valence-corrected chi connectivity index (χ2v) is 4.82. The second-order valence-electron chi connectivity index (χ2n) is 4.82. The molecule has 21 heavy (non-hydrogen) atoms. The van der Waals surface area contributed by atoms with Crippen LogP contribution in [0.15, 0.2) is 40.7 Å². The summed E-state index contributed by atoms with van der Waals surface area (Å²) in [6, 6.07) is 7.29. The second kappa shape index (κ2) is 5.57. The predicted octanol–water partition coefficient (Wildman–Crippen LogP) is 1.39. The van der Waals surface area contributed by atoms with Crippen molar-refractivity contribution in [3.05, 3.63) is 46.8 Å². The minimum absolute atomic E-state index is 0.00295. The highest BCUT2D eigenvalue weighted by molar-refractivity contribution is 6.03. The van der Waals surface area contributed by atoms with Gasteiger partial charge in [-0.3, -0.25) is 0 Å². The Labute approximate surface area is 122 Å². The topological polar surface area (TPSA) is 91.2 Å². The number of nitrogens with zero attached hydrogens (tertiary/aromatic N) is 1. The molecule has 1 aliphatic rings. The van der Waals surface area contributed by atoms with E-state index < -0.39 is 11.7 Å². The fraction of sp³-hybridized carbons (Fsp3) is 0.333. The smallest absolute Gasteiger partial charge is 0.366 e. The van der Waals surface area contributed by atoms with Gasteiger partial charge in [0.1, 0.15) is 5.84 Å². The van der Waals surface area contributed by atoms with Crippen LogP contribution in [0.2, 0.25) is 0 Å². The van der Waals surface area contributed by atoms with Gasteiger partial charge in [0.25, 0.3) is 5.72 Å². The third-order valence-corrected chi connectivity index (χ3v) is 3.27. The molecule has 1 aromatic rings. The molecule has 0 radical (unpaired) electrons. The molecular formula is C15H18N2O4. The van der Waals surface area contributed by atoms with Crippen LogP contribution in [0.25, 0.3) is 0 Å². The number of hydrogen-bond acceptors (Lipinski definition) is 6. The van der Waals surface area contributed by atoms with E-state index >= 15 is 0 Å². The molecule has 2 rings (SSSR count). The molecule has 1 aliphatic heterocycles. The van der Waals surface area contributed by atoms with E-state index in [0.717, 1.165) is 5.56 Å². The minimum atomic E-state index is -2.22. The molecule has 1 aromatic carbocycles. The Bertz CT molecular complexity index is 619. The van der Waals surface area contributed by atoms with Gasteiger partial charge >= 0.3 is 5.97 Å². The van der Waals surface area contributed by atoms with Crippen LogP contribution in [0.4, 0.5) is 0 Å². The molecule has 0 saturated heterocycles. The van der Waals surface area contributed by atoms with Crippen molar-refractivity contribution in [3.8, 4) is 0 Å². The lowest BCUT2D eigenvalue weighted by Crippen LogP contribution is -2.47. The highest BCUT2D eigenvalue weighted by atomic mass is 16.6. The van der Waals surface area contributed by atoms with Crippen LogP contribution in [-0.2, 0) is 9.53 Å². The first-order valence-electron chi connectivity index (χ1n) is 6.62. The number of benzene rings is 1. The van der Waals surface area contributed by atoms with E-state index in [-0.39, 0.29) is 23.9 Å². The first-order valence-corrected chi connectivity index (χ1v) is 6.62. The van der Waals surface area contributed by atoms with Crippen LogP contribution >= 0.6 is 0 Å². The van der Waals surface area contributed by atoms with Crippen molar-refractivity contribution in [3.63, 3.8) is 0 Å². The molecule has 0 aliphatic carbocycles. The highest BCUT2D eigenvalue weighted by Crippen LogP contribution is 2.26. The van der Waals surface area contributed by atoms with E-state index in [4.69, 9.17) is 4.74 Å². The molecule has 3 N–H and O–H groups in total. The van der Waals surface area contributed by atoms with E-state index in [2.05, 4.69) is 10.3 Å². The fourth-order valence-electron chi connectivity index (χ4n) is 1.92. The maximum atomic E-state index is 12.0. The zero-order chi connectivity index (χ0) is 15.6. The third-order valence-electron chi connectivity index (χ3n) is 3.27. The van der Waals surface area contributed by atoms with Gasteiger partial charge in [-0.15, -0.1) is 0 Å². The van der Waals surface area contributed by atoms with Gasteiger partial charge in [-0.05, 0) is 20.8 Å². The quantitative estimate of drug-likeness (QED) is 0.732. The van der Waals surface area contributed by atoms with Crippen molar-refractivity contribution in [1.29, 1.82) is 0 Å². The number of hydrogen-bond donors (Lipinski definition) is 3. The average Bonchev–Trinajstić information content (AvgIpc) is 2.45. The SMILES string of the molecule is CCOC(=O)C1(O)N=C(c2ccc(C)cc2)NC(O)=C1C. The summed E-state index contributed by atoms with van der Waals surface area (Å²) in [7, 11) is 0. The molecular weight excluding hydrogens is 272 g/mol. The number of carbonyl (C=O) groups excluding carboxylic acids is 1. The molecule has 0 amide bonds. The summed E-state index contributed by atoms with van der Waals surface area (Å²) < 4.78 is 4.84. The van der Waals surface area contributed by atoms with Crippen molar-refractivity contribution in [2.45, 2.75) is 26.5 Å². The van der Waals surface area contributed by atoms with Crippen molar-refractivity contribution in [1.82, 2.24) is 5.32 Å². The molecule has 0 bridgehead atoms. The lowest BCUT2D eigenvalue weighted by atomic mass is 10.0. The van der Waals surface area contributed by atoms with E-state index in [0.29, 0.717) is 5.56 Å². The first-order chi connectivity index (χ1) is 9.88. The Kier molecular flexibility index (Phi) is 3.99. The molecule has 0 fully saturated rings. The summed E-state index contributed by atoms with van der Waals surface area (Å²) in [4.78, 5) is 16.0. The number of ether oxygens (including phenoxy) is 1. The van der Waals surface area contributed by atoms with Crippen LogP contribution in [0, 0.1) is 6.92 Å². The zero-order valence-corrected chi connectivity index (χ0v) is 12.2. The summed E-state index contributed by atoms with van der Waals surface area (Å²) in [6.45, 7) is 5.09. The molecule has 112 valence electrons. The van der Waals surface area contributed by atoms with Gasteiger partial charge in [0.15, 0.2) is 5.88 Å². The Balaban J connectivity index is 2.45. The van der Waals surface area contributed by atoms with Gasteiger partial charge < -0.3 is 20.3 Å². The first kappa shape index (κ1) is 15.1. The van der Waals surface area contributed by atoms with Gasteiger partial charge in [0.05, 0.1) is 12.2 Å². The van der Waals surface area contributed by atoms with Gasteiger partial charge in [0, 0.05) is 5.56 Å². The van der Waals surface area contributed by atoms with Crippen molar-refractivity contribution >= 4 is 11.8 Å². The Morgan fingerprint density at radius 2 is 1.95 bits per heavy atom. The zero-order valence-electron chi connectivity index (χ0n) is 12.2. The minimum Gasteiger partial charge on any atom is -0.494 e. The fourth-order valence-corrected chi connectivity index (χ4v) is 1.92. The molecule has 0 aromatic heterocycles. The molecule has 6 heteroatoms. The number of aliphatic imine (C=N–C) groups is 1. The number of esters is 1.